The van der Waals surface area contributed by atoms with E-state index in [2.05, 4.69) is 32.2 Å². The van der Waals surface area contributed by atoms with Gasteiger partial charge >= 0.3 is 0 Å². The van der Waals surface area contributed by atoms with Crippen molar-refractivity contribution in [3.05, 3.63) is 55.0 Å². The molecule has 0 unspecified atom stereocenters. The van der Waals surface area contributed by atoms with Crippen molar-refractivity contribution in [2.75, 3.05) is 23.7 Å². The Morgan fingerprint density at radius 2 is 1.92 bits per heavy atom. The molecule has 2 N–H and O–H groups in total. The Bertz CT molecular complexity index is 1300. The SMILES string of the molecule is C=CC(=O)Nc1cc2c(Nc3ccc(OC4CCN(C(=O)C5CCC5)CC4)c(C)c3)ncnc2cn1. The van der Waals surface area contributed by atoms with Crippen molar-refractivity contribution in [1.82, 2.24) is 19.9 Å². The molecule has 5 rings (SSSR count). The van der Waals surface area contributed by atoms with Crippen molar-refractivity contribution < 1.29 is 14.3 Å². The van der Waals surface area contributed by atoms with E-state index in [1.165, 1.54) is 18.8 Å². The Labute approximate surface area is 210 Å². The normalized spacial score (nSPS) is 16.3. The second-order valence-electron chi connectivity index (χ2n) is 9.38. The lowest BCUT2D eigenvalue weighted by Gasteiger charge is -2.36. The maximum atomic E-state index is 12.5. The van der Waals surface area contributed by atoms with Gasteiger partial charge in [0.1, 0.15) is 29.8 Å². The van der Waals surface area contributed by atoms with E-state index in [9.17, 15) is 9.59 Å². The predicted molar refractivity (Wildman–Crippen MR) is 138 cm³/mol. The molecule has 3 heterocycles. The third-order valence-corrected chi connectivity index (χ3v) is 6.90. The minimum atomic E-state index is -0.338. The molecule has 0 bridgehead atoms. The van der Waals surface area contributed by atoms with Gasteiger partial charge in [0, 0.05) is 42.9 Å². The van der Waals surface area contributed by atoms with Gasteiger partial charge in [0.2, 0.25) is 11.8 Å². The fourth-order valence-electron chi connectivity index (χ4n) is 4.59. The molecule has 1 saturated carbocycles. The second-order valence-corrected chi connectivity index (χ2v) is 9.38. The number of rotatable bonds is 7. The van der Waals surface area contributed by atoms with Crippen LogP contribution in [0, 0.1) is 12.8 Å². The van der Waals surface area contributed by atoms with E-state index < -0.39 is 0 Å². The number of aromatic nitrogens is 3. The zero-order chi connectivity index (χ0) is 25.1. The minimum absolute atomic E-state index is 0.107. The van der Waals surface area contributed by atoms with Crippen LogP contribution in [0.4, 0.5) is 17.3 Å². The summed E-state index contributed by atoms with van der Waals surface area (Å²) in [7, 11) is 0. The van der Waals surface area contributed by atoms with Gasteiger partial charge < -0.3 is 20.3 Å². The highest BCUT2D eigenvalue weighted by Crippen LogP contribution is 2.31. The van der Waals surface area contributed by atoms with Gasteiger partial charge in [-0.05, 0) is 55.7 Å². The average molecular weight is 487 g/mol. The molecule has 9 nitrogen and oxygen atoms in total. The number of nitrogens with zero attached hydrogens (tertiary/aromatic N) is 4. The third-order valence-electron chi connectivity index (χ3n) is 6.90. The molecule has 36 heavy (non-hydrogen) atoms. The molecule has 2 aromatic heterocycles. The minimum Gasteiger partial charge on any atom is -0.490 e. The van der Waals surface area contributed by atoms with Crippen LogP contribution in [0.25, 0.3) is 10.9 Å². The summed E-state index contributed by atoms with van der Waals surface area (Å²) in [4.78, 5) is 39.0. The standard InChI is InChI=1S/C27H30N6O3/c1-3-25(34)32-24-14-21-22(15-28-24)29-16-30-26(21)31-19-7-8-23(17(2)13-19)36-20-9-11-33(12-10-20)27(35)18-5-4-6-18/h3,7-8,13-16,18,20H,1,4-6,9-12H2,2H3,(H,28,32,34)(H,29,30,31). The van der Waals surface area contributed by atoms with Gasteiger partial charge in [-0.15, -0.1) is 0 Å². The molecule has 1 aliphatic heterocycles. The van der Waals surface area contributed by atoms with E-state index in [1.54, 1.807) is 12.3 Å². The fraction of sp³-hybridized carbons (Fsp3) is 0.370. The Morgan fingerprint density at radius 1 is 1.11 bits per heavy atom. The number of benzene rings is 1. The molecule has 1 aromatic carbocycles. The van der Waals surface area contributed by atoms with Crippen molar-refractivity contribution in [1.29, 1.82) is 0 Å². The number of aryl methyl sites for hydroxylation is 1. The molecule has 2 amide bonds. The monoisotopic (exact) mass is 486 g/mol. The molecule has 0 radical (unpaired) electrons. The van der Waals surface area contributed by atoms with E-state index in [4.69, 9.17) is 4.74 Å². The number of anilines is 3. The molecule has 2 aliphatic rings. The predicted octanol–water partition coefficient (Wildman–Crippen LogP) is 4.37. The number of ether oxygens (including phenoxy) is 1. The van der Waals surface area contributed by atoms with E-state index in [0.717, 1.165) is 61.2 Å². The first-order valence-corrected chi connectivity index (χ1v) is 12.4. The number of pyridine rings is 1. The van der Waals surface area contributed by atoms with Crippen LogP contribution in [0.3, 0.4) is 0 Å². The first-order valence-electron chi connectivity index (χ1n) is 12.4. The summed E-state index contributed by atoms with van der Waals surface area (Å²) in [5, 5.41) is 6.73. The van der Waals surface area contributed by atoms with Crippen molar-refractivity contribution in [2.45, 2.75) is 45.1 Å². The smallest absolute Gasteiger partial charge is 0.248 e. The highest BCUT2D eigenvalue weighted by atomic mass is 16.5. The topological polar surface area (TPSA) is 109 Å². The van der Waals surface area contributed by atoms with Crippen LogP contribution >= 0.6 is 0 Å². The highest BCUT2D eigenvalue weighted by Gasteiger charge is 2.32. The van der Waals surface area contributed by atoms with Crippen LogP contribution in [-0.4, -0.2) is 50.9 Å². The van der Waals surface area contributed by atoms with Crippen LogP contribution in [0.5, 0.6) is 5.75 Å². The first kappa shape index (κ1) is 23.7. The number of hydrogen-bond acceptors (Lipinski definition) is 7. The largest absolute Gasteiger partial charge is 0.490 e. The Morgan fingerprint density at radius 3 is 2.61 bits per heavy atom. The zero-order valence-electron chi connectivity index (χ0n) is 20.4. The van der Waals surface area contributed by atoms with Crippen LogP contribution in [0.15, 0.2) is 49.4 Å². The molecule has 186 valence electrons. The molecule has 3 aromatic rings. The summed E-state index contributed by atoms with van der Waals surface area (Å²) in [6.45, 7) is 7.01. The summed E-state index contributed by atoms with van der Waals surface area (Å²) >= 11 is 0. The molecule has 1 saturated heterocycles. The van der Waals surface area contributed by atoms with Gasteiger partial charge in [-0.2, -0.15) is 0 Å². The van der Waals surface area contributed by atoms with Crippen molar-refractivity contribution in [3.63, 3.8) is 0 Å². The summed E-state index contributed by atoms with van der Waals surface area (Å²) in [6, 6.07) is 7.66. The van der Waals surface area contributed by atoms with Gasteiger partial charge in [0.25, 0.3) is 0 Å². The summed E-state index contributed by atoms with van der Waals surface area (Å²) in [5.41, 5.74) is 2.52. The molecule has 2 fully saturated rings. The molecule has 0 spiro atoms. The van der Waals surface area contributed by atoms with Crippen LogP contribution in [0.1, 0.15) is 37.7 Å². The fourth-order valence-corrected chi connectivity index (χ4v) is 4.59. The van der Waals surface area contributed by atoms with Crippen molar-refractivity contribution >= 4 is 40.0 Å². The second kappa shape index (κ2) is 10.3. The van der Waals surface area contributed by atoms with Crippen LogP contribution in [0.2, 0.25) is 0 Å². The number of amides is 2. The number of carbonyl (C=O) groups excluding carboxylic acids is 2. The molecular weight excluding hydrogens is 456 g/mol. The van der Waals surface area contributed by atoms with Crippen LogP contribution < -0.4 is 15.4 Å². The lowest BCUT2D eigenvalue weighted by atomic mass is 9.84. The van der Waals surface area contributed by atoms with Crippen molar-refractivity contribution in [2.24, 2.45) is 5.92 Å². The number of fused-ring (bicyclic) bond motifs is 1. The highest BCUT2D eigenvalue weighted by molar-refractivity contribution is 6.00. The third kappa shape index (κ3) is 5.15. The Hall–Kier alpha value is -4.01. The average Bonchev–Trinajstić information content (AvgIpc) is 2.85. The molecular formula is C27H30N6O3. The zero-order valence-corrected chi connectivity index (χ0v) is 20.4. The number of likely N-dealkylation sites (tertiary alicyclic amines) is 1. The first-order chi connectivity index (χ1) is 17.5. The van der Waals surface area contributed by atoms with Crippen LogP contribution in [-0.2, 0) is 9.59 Å². The molecule has 9 heteroatoms. The Kier molecular flexibility index (Phi) is 6.79. The van der Waals surface area contributed by atoms with Crippen molar-refractivity contribution in [3.8, 4) is 5.75 Å². The number of piperidine rings is 1. The lowest BCUT2D eigenvalue weighted by molar-refractivity contribution is -0.140. The summed E-state index contributed by atoms with van der Waals surface area (Å²) < 4.78 is 6.31. The van der Waals surface area contributed by atoms with E-state index in [1.807, 2.05) is 30.0 Å². The van der Waals surface area contributed by atoms with Gasteiger partial charge in [0.05, 0.1) is 11.7 Å². The van der Waals surface area contributed by atoms with Gasteiger partial charge in [-0.3, -0.25) is 9.59 Å². The summed E-state index contributed by atoms with van der Waals surface area (Å²) in [5.74, 6) is 2.09. The molecule has 0 atom stereocenters. The van der Waals surface area contributed by atoms with E-state index in [-0.39, 0.29) is 17.9 Å². The Balaban J connectivity index is 1.24. The quantitative estimate of drug-likeness (QED) is 0.477. The number of carbonyl (C=O) groups is 2. The maximum absolute atomic E-state index is 12.5. The van der Waals surface area contributed by atoms with E-state index >= 15 is 0 Å². The van der Waals surface area contributed by atoms with Gasteiger partial charge in [-0.1, -0.05) is 13.0 Å². The van der Waals surface area contributed by atoms with Gasteiger partial charge in [-0.25, -0.2) is 15.0 Å². The number of nitrogens with one attached hydrogen (secondary N) is 2. The lowest BCUT2D eigenvalue weighted by Crippen LogP contribution is -2.45. The van der Waals surface area contributed by atoms with E-state index in [0.29, 0.717) is 23.1 Å². The maximum Gasteiger partial charge on any atom is 0.248 e. The van der Waals surface area contributed by atoms with Gasteiger partial charge in [0.15, 0.2) is 0 Å². The molecule has 1 aliphatic carbocycles. The number of hydrogen-bond donors (Lipinski definition) is 2. The summed E-state index contributed by atoms with van der Waals surface area (Å²) in [6.07, 6.45) is 9.34.